The van der Waals surface area contributed by atoms with Gasteiger partial charge in [0.05, 0.1) is 16.2 Å². The van der Waals surface area contributed by atoms with Crippen LogP contribution in [0.2, 0.25) is 0 Å². The topological polar surface area (TPSA) is 77.4 Å². The summed E-state index contributed by atoms with van der Waals surface area (Å²) in [4.78, 5) is 0. The van der Waals surface area contributed by atoms with Crippen LogP contribution in [-0.2, 0) is 10.1 Å². The number of hydrogen-bond donors (Lipinski definition) is 1. The van der Waals surface area contributed by atoms with Crippen LogP contribution in [0, 0.1) is 0 Å². The van der Waals surface area contributed by atoms with Crippen molar-refractivity contribution in [1.82, 2.24) is 0 Å². The summed E-state index contributed by atoms with van der Waals surface area (Å²) in [5, 5.41) is 9.51. The van der Waals surface area contributed by atoms with Gasteiger partial charge in [0.2, 0.25) is 0 Å². The molecule has 0 aliphatic heterocycles. The van der Waals surface area contributed by atoms with Gasteiger partial charge in [-0.15, -0.1) is 0 Å². The summed E-state index contributed by atoms with van der Waals surface area (Å²) in [6.07, 6.45) is 11.0. The fourth-order valence-electron chi connectivity index (χ4n) is 2.12. The molecular weight excluding hydrogens is 287 g/mol. The second kappa shape index (κ2) is 14.8. The molecular formula is C14H29NaO4S. The van der Waals surface area contributed by atoms with Gasteiger partial charge in [0.25, 0.3) is 0 Å². The average Bonchev–Trinajstić information content (AvgIpc) is 2.33. The van der Waals surface area contributed by atoms with E-state index in [0.29, 0.717) is 6.42 Å². The van der Waals surface area contributed by atoms with E-state index in [0.717, 1.165) is 12.8 Å². The summed E-state index contributed by atoms with van der Waals surface area (Å²) in [7, 11) is -4.18. The molecule has 0 aromatic heterocycles. The van der Waals surface area contributed by atoms with Crippen LogP contribution in [0.1, 0.15) is 77.6 Å². The summed E-state index contributed by atoms with van der Waals surface area (Å²) >= 11 is 0. The molecule has 0 saturated carbocycles. The van der Waals surface area contributed by atoms with E-state index >= 15 is 0 Å². The standard InChI is InChI=1S/C14H30O4S.Na/c1-2-3-4-5-6-7-8-9-10-11-14(15)12-13-19(16,17)18;/h14-15H,2-13H2,1H3,(H,16,17,18);/q;+1/p-1. The SMILES string of the molecule is CCCCCCCCCCCC(O)CCS(=O)(=O)[O-].[Na+]. The molecule has 6 heteroatoms. The van der Waals surface area contributed by atoms with Crippen molar-refractivity contribution in [2.75, 3.05) is 5.75 Å². The zero-order chi connectivity index (χ0) is 14.6. The molecule has 4 nitrogen and oxygen atoms in total. The van der Waals surface area contributed by atoms with Crippen LogP contribution >= 0.6 is 0 Å². The maximum Gasteiger partial charge on any atom is 1.00 e. The quantitative estimate of drug-likeness (QED) is 0.299. The maximum absolute atomic E-state index is 10.4. The molecule has 0 fully saturated rings. The van der Waals surface area contributed by atoms with Crippen LogP contribution in [0.5, 0.6) is 0 Å². The van der Waals surface area contributed by atoms with Crippen LogP contribution in [0.4, 0.5) is 0 Å². The van der Waals surface area contributed by atoms with Crippen LogP contribution in [-0.4, -0.2) is 29.9 Å². The van der Waals surface area contributed by atoms with Gasteiger partial charge in [-0.3, -0.25) is 0 Å². The van der Waals surface area contributed by atoms with Crippen LogP contribution < -0.4 is 29.6 Å². The predicted molar refractivity (Wildman–Crippen MR) is 77.0 cm³/mol. The van der Waals surface area contributed by atoms with E-state index in [1.54, 1.807) is 0 Å². The van der Waals surface area contributed by atoms with Gasteiger partial charge in [0, 0.05) is 5.75 Å². The second-order valence-corrected chi connectivity index (χ2v) is 6.85. The molecule has 116 valence electrons. The molecule has 0 radical (unpaired) electrons. The summed E-state index contributed by atoms with van der Waals surface area (Å²) in [5.41, 5.74) is 0. The number of rotatable bonds is 13. The Kier molecular flexibility index (Phi) is 17.1. The number of unbranched alkanes of at least 4 members (excludes halogenated alkanes) is 8. The van der Waals surface area contributed by atoms with E-state index in [1.165, 1.54) is 44.9 Å². The molecule has 0 rings (SSSR count). The summed E-state index contributed by atoms with van der Waals surface area (Å²) in [5.74, 6) is -0.453. The van der Waals surface area contributed by atoms with E-state index in [9.17, 15) is 18.1 Å². The van der Waals surface area contributed by atoms with Crippen LogP contribution in [0.15, 0.2) is 0 Å². The molecule has 1 atom stereocenters. The number of hydrogen-bond acceptors (Lipinski definition) is 4. The molecule has 0 amide bonds. The van der Waals surface area contributed by atoms with Gasteiger partial charge in [-0.2, -0.15) is 0 Å². The minimum absolute atomic E-state index is 0. The van der Waals surface area contributed by atoms with Gasteiger partial charge in [-0.05, 0) is 12.8 Å². The van der Waals surface area contributed by atoms with E-state index in [-0.39, 0.29) is 36.0 Å². The summed E-state index contributed by atoms with van der Waals surface area (Å²) in [6, 6.07) is 0. The molecule has 0 bridgehead atoms. The van der Waals surface area contributed by atoms with Crippen molar-refractivity contribution < 1.29 is 47.6 Å². The average molecular weight is 316 g/mol. The van der Waals surface area contributed by atoms with Gasteiger partial charge in [0.1, 0.15) is 0 Å². The zero-order valence-electron chi connectivity index (χ0n) is 13.1. The molecule has 0 saturated heterocycles. The molecule has 0 aliphatic carbocycles. The Morgan fingerprint density at radius 1 is 0.900 bits per heavy atom. The minimum atomic E-state index is -4.18. The Hall–Kier alpha value is 0.870. The van der Waals surface area contributed by atoms with Gasteiger partial charge < -0.3 is 9.66 Å². The van der Waals surface area contributed by atoms with Crippen LogP contribution in [0.25, 0.3) is 0 Å². The molecule has 0 spiro atoms. The smallest absolute Gasteiger partial charge is 0.748 e. The fourth-order valence-corrected chi connectivity index (χ4v) is 2.68. The van der Waals surface area contributed by atoms with Crippen molar-refractivity contribution in [2.24, 2.45) is 0 Å². The number of aliphatic hydroxyl groups is 1. The van der Waals surface area contributed by atoms with Crippen molar-refractivity contribution in [2.45, 2.75) is 83.7 Å². The van der Waals surface area contributed by atoms with E-state index < -0.39 is 22.0 Å². The first-order valence-corrected chi connectivity index (χ1v) is 9.15. The molecule has 1 N–H and O–H groups in total. The first kappa shape index (κ1) is 23.1. The van der Waals surface area contributed by atoms with Crippen molar-refractivity contribution >= 4 is 10.1 Å². The second-order valence-electron chi connectivity index (χ2n) is 5.32. The molecule has 0 heterocycles. The minimum Gasteiger partial charge on any atom is -0.748 e. The Balaban J connectivity index is 0. The third-order valence-corrected chi connectivity index (χ3v) is 4.08. The summed E-state index contributed by atoms with van der Waals surface area (Å²) < 4.78 is 31.2. The predicted octanol–water partition coefficient (Wildman–Crippen LogP) is 0.208. The molecule has 1 unspecified atom stereocenters. The Morgan fingerprint density at radius 3 is 1.80 bits per heavy atom. The van der Waals surface area contributed by atoms with Crippen LogP contribution in [0.3, 0.4) is 0 Å². The first-order valence-electron chi connectivity index (χ1n) is 7.57. The molecule has 0 aromatic carbocycles. The Labute approximate surface area is 146 Å². The third kappa shape index (κ3) is 18.9. The fraction of sp³-hybridized carbons (Fsp3) is 1.00. The largest absolute Gasteiger partial charge is 1.00 e. The monoisotopic (exact) mass is 316 g/mol. The van der Waals surface area contributed by atoms with Crippen molar-refractivity contribution in [3.05, 3.63) is 0 Å². The molecule has 0 aliphatic rings. The molecule has 20 heavy (non-hydrogen) atoms. The third-order valence-electron chi connectivity index (χ3n) is 3.34. The number of aliphatic hydroxyl groups excluding tert-OH is 1. The van der Waals surface area contributed by atoms with Crippen molar-refractivity contribution in [3.8, 4) is 0 Å². The van der Waals surface area contributed by atoms with E-state index in [2.05, 4.69) is 6.92 Å². The van der Waals surface area contributed by atoms with Gasteiger partial charge in [0.15, 0.2) is 0 Å². The van der Waals surface area contributed by atoms with Gasteiger partial charge in [-0.1, -0.05) is 64.7 Å². The van der Waals surface area contributed by atoms with Gasteiger partial charge >= 0.3 is 29.6 Å². The van der Waals surface area contributed by atoms with E-state index in [1.807, 2.05) is 0 Å². The van der Waals surface area contributed by atoms with Gasteiger partial charge in [-0.25, -0.2) is 8.42 Å². The van der Waals surface area contributed by atoms with Crippen molar-refractivity contribution in [3.63, 3.8) is 0 Å². The van der Waals surface area contributed by atoms with Crippen molar-refractivity contribution in [1.29, 1.82) is 0 Å². The molecule has 0 aromatic rings. The Morgan fingerprint density at radius 2 is 1.35 bits per heavy atom. The maximum atomic E-state index is 10.4. The first-order chi connectivity index (χ1) is 8.95. The Bertz CT molecular complexity index is 294. The zero-order valence-corrected chi connectivity index (χ0v) is 16.0. The normalized spacial score (nSPS) is 12.9. The van der Waals surface area contributed by atoms with E-state index in [4.69, 9.17) is 0 Å². The summed E-state index contributed by atoms with van der Waals surface area (Å²) in [6.45, 7) is 2.21.